The molecule has 3 aromatic carbocycles. The van der Waals surface area contributed by atoms with E-state index < -0.39 is 12.0 Å². The zero-order valence-electron chi connectivity index (χ0n) is 22.7. The second-order valence-corrected chi connectivity index (χ2v) is 10.3. The minimum atomic E-state index is -0.483. The summed E-state index contributed by atoms with van der Waals surface area (Å²) in [6, 6.07) is 20.7. The van der Waals surface area contributed by atoms with E-state index in [0.29, 0.717) is 18.8 Å². The smallest absolute Gasteiger partial charge is 0.231 e. The lowest BCUT2D eigenvalue weighted by atomic mass is 9.91. The monoisotopic (exact) mass is 543 g/mol. The number of carbonyl (C=O) groups excluding carboxylic acids is 2. The van der Waals surface area contributed by atoms with Crippen LogP contribution in [0.25, 0.3) is 0 Å². The fraction of sp³-hybridized carbons (Fsp3) is 0.355. The summed E-state index contributed by atoms with van der Waals surface area (Å²) in [5.74, 6) is 2.47. The van der Waals surface area contributed by atoms with Crippen LogP contribution >= 0.6 is 0 Å². The second-order valence-electron chi connectivity index (χ2n) is 10.3. The van der Waals surface area contributed by atoms with Gasteiger partial charge in [-0.1, -0.05) is 18.2 Å². The van der Waals surface area contributed by atoms with Gasteiger partial charge in [0.05, 0.1) is 26.2 Å². The molecule has 2 fully saturated rings. The van der Waals surface area contributed by atoms with Gasteiger partial charge in [-0.2, -0.15) is 0 Å². The Kier molecular flexibility index (Phi) is 7.21. The first-order valence-electron chi connectivity index (χ1n) is 13.5. The highest BCUT2D eigenvalue weighted by Gasteiger charge is 2.46. The van der Waals surface area contributed by atoms with Crippen LogP contribution in [0.3, 0.4) is 0 Å². The van der Waals surface area contributed by atoms with E-state index in [2.05, 4.69) is 11.0 Å². The van der Waals surface area contributed by atoms with E-state index in [4.69, 9.17) is 18.9 Å². The third-order valence-corrected chi connectivity index (χ3v) is 7.97. The topological polar surface area (TPSA) is 80.8 Å². The molecule has 3 aliphatic heterocycles. The zero-order chi connectivity index (χ0) is 27.6. The fourth-order valence-electron chi connectivity index (χ4n) is 5.84. The zero-order valence-corrected chi connectivity index (χ0v) is 22.7. The van der Waals surface area contributed by atoms with Crippen molar-refractivity contribution >= 4 is 17.5 Å². The maximum Gasteiger partial charge on any atom is 0.231 e. The fourth-order valence-corrected chi connectivity index (χ4v) is 5.84. The van der Waals surface area contributed by atoms with Crippen molar-refractivity contribution in [2.75, 3.05) is 52.1 Å². The van der Waals surface area contributed by atoms with Crippen LogP contribution in [0.4, 0.5) is 5.69 Å². The number of fused-ring (bicyclic) bond motifs is 1. The Morgan fingerprint density at radius 3 is 2.17 bits per heavy atom. The SMILES string of the molecule is COc1ccc([C@H]2[C@H](C(=O)N3CCN(Cc4ccc5c(c4)OCO5)CC3)CC(=O)N2c2ccc(OC)cc2)cc1. The molecule has 3 heterocycles. The molecule has 2 amide bonds. The van der Waals surface area contributed by atoms with E-state index in [1.165, 1.54) is 0 Å². The van der Waals surface area contributed by atoms with Crippen LogP contribution in [0.1, 0.15) is 23.6 Å². The Hall–Kier alpha value is -4.24. The van der Waals surface area contributed by atoms with Crippen molar-refractivity contribution in [3.8, 4) is 23.0 Å². The first kappa shape index (κ1) is 26.0. The number of amides is 2. The Bertz CT molecular complexity index is 1370. The van der Waals surface area contributed by atoms with Gasteiger partial charge in [0.2, 0.25) is 18.6 Å². The third kappa shape index (κ3) is 5.04. The van der Waals surface area contributed by atoms with Crippen molar-refractivity contribution in [2.45, 2.75) is 19.0 Å². The first-order valence-corrected chi connectivity index (χ1v) is 13.5. The number of hydrogen-bond acceptors (Lipinski definition) is 7. The lowest BCUT2D eigenvalue weighted by Gasteiger charge is -2.37. The molecular formula is C31H33N3O6. The standard InChI is InChI=1S/C31H33N3O6/c1-37-24-8-4-22(5-9-24)30-26(18-29(35)34(30)23-6-10-25(38-2)11-7-23)31(36)33-15-13-32(14-16-33)19-21-3-12-27-28(17-21)40-20-39-27/h3-12,17,26,30H,13-16,18-20H2,1-2H3/t26-,30+/m1/s1. The summed E-state index contributed by atoms with van der Waals surface area (Å²) < 4.78 is 21.6. The molecular weight excluding hydrogens is 510 g/mol. The number of benzene rings is 3. The highest BCUT2D eigenvalue weighted by molar-refractivity contribution is 6.01. The predicted octanol–water partition coefficient (Wildman–Crippen LogP) is 3.87. The van der Waals surface area contributed by atoms with Gasteiger partial charge in [-0.15, -0.1) is 0 Å². The minimum Gasteiger partial charge on any atom is -0.497 e. The Morgan fingerprint density at radius 1 is 0.850 bits per heavy atom. The highest BCUT2D eigenvalue weighted by atomic mass is 16.7. The molecule has 2 saturated heterocycles. The quantitative estimate of drug-likeness (QED) is 0.448. The molecule has 0 aliphatic carbocycles. The molecule has 0 aromatic heterocycles. The lowest BCUT2D eigenvalue weighted by molar-refractivity contribution is -0.138. The van der Waals surface area contributed by atoms with Gasteiger partial charge in [-0.3, -0.25) is 14.5 Å². The number of carbonyl (C=O) groups is 2. The van der Waals surface area contributed by atoms with Gasteiger partial charge >= 0.3 is 0 Å². The van der Waals surface area contributed by atoms with Gasteiger partial charge in [-0.25, -0.2) is 0 Å². The number of ether oxygens (including phenoxy) is 4. The number of nitrogens with zero attached hydrogens (tertiary/aromatic N) is 3. The summed E-state index contributed by atoms with van der Waals surface area (Å²) in [6.45, 7) is 3.79. The minimum absolute atomic E-state index is 0.0212. The first-order chi connectivity index (χ1) is 19.5. The van der Waals surface area contributed by atoms with Gasteiger partial charge in [0.25, 0.3) is 0 Å². The lowest BCUT2D eigenvalue weighted by Crippen LogP contribution is -2.50. The Balaban J connectivity index is 1.18. The summed E-state index contributed by atoms with van der Waals surface area (Å²) in [6.07, 6.45) is 0.166. The molecule has 9 heteroatoms. The molecule has 0 N–H and O–H groups in total. The average Bonchev–Trinajstić information content (AvgIpc) is 3.61. The maximum absolute atomic E-state index is 14.0. The molecule has 3 aliphatic rings. The molecule has 40 heavy (non-hydrogen) atoms. The molecule has 0 saturated carbocycles. The number of methoxy groups -OCH3 is 2. The van der Waals surface area contributed by atoms with Crippen LogP contribution in [0, 0.1) is 5.92 Å². The molecule has 9 nitrogen and oxygen atoms in total. The second kappa shape index (κ2) is 11.1. The number of hydrogen-bond donors (Lipinski definition) is 0. The van der Waals surface area contributed by atoms with E-state index in [1.807, 2.05) is 65.6 Å². The predicted molar refractivity (Wildman–Crippen MR) is 149 cm³/mol. The van der Waals surface area contributed by atoms with E-state index in [1.54, 1.807) is 19.1 Å². The van der Waals surface area contributed by atoms with Crippen LogP contribution in [0.15, 0.2) is 66.7 Å². The Labute approximate surface area is 233 Å². The van der Waals surface area contributed by atoms with Crippen molar-refractivity contribution in [2.24, 2.45) is 5.92 Å². The summed E-state index contributed by atoms with van der Waals surface area (Å²) in [5, 5.41) is 0. The van der Waals surface area contributed by atoms with E-state index in [0.717, 1.165) is 53.7 Å². The molecule has 0 radical (unpaired) electrons. The van der Waals surface area contributed by atoms with Gasteiger partial charge in [0.15, 0.2) is 11.5 Å². The molecule has 208 valence electrons. The van der Waals surface area contributed by atoms with E-state index >= 15 is 0 Å². The van der Waals surface area contributed by atoms with Gasteiger partial charge in [-0.05, 0) is 59.7 Å². The van der Waals surface area contributed by atoms with Crippen molar-refractivity contribution in [3.05, 3.63) is 77.9 Å². The molecule has 3 aromatic rings. The number of anilines is 1. The Morgan fingerprint density at radius 2 is 1.50 bits per heavy atom. The molecule has 0 bridgehead atoms. The van der Waals surface area contributed by atoms with Crippen LogP contribution < -0.4 is 23.8 Å². The van der Waals surface area contributed by atoms with E-state index in [-0.39, 0.29) is 25.0 Å². The van der Waals surface area contributed by atoms with Crippen LogP contribution in [-0.4, -0.2) is 68.8 Å². The average molecular weight is 544 g/mol. The number of piperazine rings is 1. The summed E-state index contributed by atoms with van der Waals surface area (Å²) in [4.78, 5) is 33.4. The summed E-state index contributed by atoms with van der Waals surface area (Å²) in [7, 11) is 3.23. The third-order valence-electron chi connectivity index (χ3n) is 7.97. The van der Waals surface area contributed by atoms with Crippen LogP contribution in [0.2, 0.25) is 0 Å². The van der Waals surface area contributed by atoms with Crippen molar-refractivity contribution in [3.63, 3.8) is 0 Å². The molecule has 6 rings (SSSR count). The van der Waals surface area contributed by atoms with Crippen molar-refractivity contribution in [1.29, 1.82) is 0 Å². The van der Waals surface area contributed by atoms with Crippen LogP contribution in [-0.2, 0) is 16.1 Å². The summed E-state index contributed by atoms with van der Waals surface area (Å²) in [5.41, 5.74) is 2.80. The molecule has 0 spiro atoms. The normalized spacial score (nSPS) is 20.6. The van der Waals surface area contributed by atoms with E-state index in [9.17, 15) is 9.59 Å². The maximum atomic E-state index is 14.0. The van der Waals surface area contributed by atoms with Gasteiger partial charge in [0.1, 0.15) is 11.5 Å². The van der Waals surface area contributed by atoms with Gasteiger partial charge < -0.3 is 28.7 Å². The number of rotatable bonds is 7. The van der Waals surface area contributed by atoms with Crippen molar-refractivity contribution in [1.82, 2.24) is 9.80 Å². The summed E-state index contributed by atoms with van der Waals surface area (Å²) >= 11 is 0. The highest BCUT2D eigenvalue weighted by Crippen LogP contribution is 2.43. The largest absolute Gasteiger partial charge is 0.497 e. The molecule has 2 atom stereocenters. The van der Waals surface area contributed by atoms with Gasteiger partial charge in [0, 0.05) is 44.8 Å². The van der Waals surface area contributed by atoms with Crippen LogP contribution in [0.5, 0.6) is 23.0 Å². The van der Waals surface area contributed by atoms with Crippen molar-refractivity contribution < 1.29 is 28.5 Å². The molecule has 0 unspecified atom stereocenters.